The molecule has 150 valence electrons. The molecule has 7 nitrogen and oxygen atoms in total. The first-order valence-electron chi connectivity index (χ1n) is 8.63. The lowest BCUT2D eigenvalue weighted by Gasteiger charge is -2.10. The van der Waals surface area contributed by atoms with Gasteiger partial charge >= 0.3 is 11.8 Å². The fraction of sp³-hybridized carbons (Fsp3) is 0.263. The summed E-state index contributed by atoms with van der Waals surface area (Å²) >= 11 is 0. The summed E-state index contributed by atoms with van der Waals surface area (Å²) in [6.45, 7) is 3.67. The molecule has 0 bridgehead atoms. The Morgan fingerprint density at radius 1 is 0.964 bits per heavy atom. The van der Waals surface area contributed by atoms with Crippen molar-refractivity contribution in [2.24, 2.45) is 0 Å². The highest BCUT2D eigenvalue weighted by molar-refractivity contribution is 7.89. The first kappa shape index (κ1) is 21.5. The van der Waals surface area contributed by atoms with E-state index in [-0.39, 0.29) is 17.5 Å². The molecule has 0 atom stereocenters. The second-order valence-corrected chi connectivity index (χ2v) is 8.10. The van der Waals surface area contributed by atoms with Crippen molar-refractivity contribution in [3.05, 3.63) is 59.9 Å². The van der Waals surface area contributed by atoms with Gasteiger partial charge in [-0.05, 0) is 62.2 Å². The lowest BCUT2D eigenvalue weighted by atomic mass is 10.1. The summed E-state index contributed by atoms with van der Waals surface area (Å²) in [5, 5.41) is 4.84. The topological polar surface area (TPSA) is 104 Å². The van der Waals surface area contributed by atoms with E-state index in [0.29, 0.717) is 12.1 Å². The van der Waals surface area contributed by atoms with Gasteiger partial charge < -0.3 is 10.6 Å². The first-order valence-corrected chi connectivity index (χ1v) is 10.1. The zero-order valence-electron chi connectivity index (χ0n) is 15.5. The Morgan fingerprint density at radius 3 is 2.14 bits per heavy atom. The summed E-state index contributed by atoms with van der Waals surface area (Å²) in [5.41, 5.74) is 1.12. The smallest absolute Gasteiger partial charge is 0.313 e. The zero-order chi connectivity index (χ0) is 20.7. The molecule has 2 rings (SSSR count). The van der Waals surface area contributed by atoms with Crippen molar-refractivity contribution >= 4 is 27.5 Å². The largest absolute Gasteiger partial charge is 0.347 e. The molecule has 2 aromatic rings. The van der Waals surface area contributed by atoms with E-state index >= 15 is 0 Å². The van der Waals surface area contributed by atoms with Crippen LogP contribution >= 0.6 is 0 Å². The van der Waals surface area contributed by atoms with Crippen molar-refractivity contribution in [3.63, 3.8) is 0 Å². The highest BCUT2D eigenvalue weighted by Crippen LogP contribution is 2.11. The summed E-state index contributed by atoms with van der Waals surface area (Å²) in [4.78, 5) is 23.8. The standard InChI is InChI=1S/C19H22FN3O4S/c1-13(2)23-28(26,27)17-9-3-14(4-10-17)11-12-21-18(24)19(25)22-16-7-5-15(20)6-8-16/h3-10,13,23H,11-12H2,1-2H3,(H,21,24)(H,22,25). The summed E-state index contributed by atoms with van der Waals surface area (Å²) in [7, 11) is -3.55. The van der Waals surface area contributed by atoms with Crippen molar-refractivity contribution < 1.29 is 22.4 Å². The van der Waals surface area contributed by atoms with Gasteiger partial charge in [0, 0.05) is 18.3 Å². The van der Waals surface area contributed by atoms with E-state index in [9.17, 15) is 22.4 Å². The van der Waals surface area contributed by atoms with Gasteiger partial charge in [-0.2, -0.15) is 0 Å². The monoisotopic (exact) mass is 407 g/mol. The van der Waals surface area contributed by atoms with Gasteiger partial charge in [0.15, 0.2) is 0 Å². The van der Waals surface area contributed by atoms with Crippen LogP contribution in [0.5, 0.6) is 0 Å². The molecule has 0 fully saturated rings. The maximum absolute atomic E-state index is 12.8. The van der Waals surface area contributed by atoms with Crippen LogP contribution in [0.4, 0.5) is 10.1 Å². The molecule has 0 heterocycles. The number of carbonyl (C=O) groups excluding carboxylic acids is 2. The molecule has 0 aliphatic heterocycles. The lowest BCUT2D eigenvalue weighted by molar-refractivity contribution is -0.136. The van der Waals surface area contributed by atoms with Crippen LogP contribution in [0.25, 0.3) is 0 Å². The molecule has 2 amide bonds. The summed E-state index contributed by atoms with van der Waals surface area (Å²) in [6, 6.07) is 11.1. The molecule has 0 aliphatic rings. The van der Waals surface area contributed by atoms with Crippen LogP contribution in [0.15, 0.2) is 53.4 Å². The number of nitrogens with one attached hydrogen (secondary N) is 3. The third kappa shape index (κ3) is 6.43. The minimum Gasteiger partial charge on any atom is -0.347 e. The Balaban J connectivity index is 1.83. The van der Waals surface area contributed by atoms with Crippen LogP contribution in [0.2, 0.25) is 0 Å². The predicted molar refractivity (Wildman–Crippen MR) is 104 cm³/mol. The van der Waals surface area contributed by atoms with E-state index in [0.717, 1.165) is 5.56 Å². The van der Waals surface area contributed by atoms with Gasteiger partial charge in [-0.15, -0.1) is 0 Å². The molecule has 0 radical (unpaired) electrons. The number of sulfonamides is 1. The van der Waals surface area contributed by atoms with Crippen LogP contribution in [0, 0.1) is 5.82 Å². The number of rotatable bonds is 7. The van der Waals surface area contributed by atoms with E-state index in [2.05, 4.69) is 15.4 Å². The van der Waals surface area contributed by atoms with Crippen LogP contribution in [0.1, 0.15) is 19.4 Å². The van der Waals surface area contributed by atoms with Gasteiger partial charge in [0.2, 0.25) is 10.0 Å². The molecule has 0 aromatic heterocycles. The van der Waals surface area contributed by atoms with Gasteiger partial charge in [0.25, 0.3) is 0 Å². The Hall–Kier alpha value is -2.78. The van der Waals surface area contributed by atoms with E-state index in [1.54, 1.807) is 26.0 Å². The number of anilines is 1. The Bertz CT molecular complexity index is 927. The molecule has 9 heteroatoms. The SMILES string of the molecule is CC(C)NS(=O)(=O)c1ccc(CCNC(=O)C(=O)Nc2ccc(F)cc2)cc1. The fourth-order valence-electron chi connectivity index (χ4n) is 2.34. The van der Waals surface area contributed by atoms with Crippen molar-refractivity contribution in [3.8, 4) is 0 Å². The Morgan fingerprint density at radius 2 is 1.57 bits per heavy atom. The molecular formula is C19H22FN3O4S. The van der Waals surface area contributed by atoms with Crippen LogP contribution in [-0.4, -0.2) is 32.8 Å². The first-order chi connectivity index (χ1) is 13.2. The highest BCUT2D eigenvalue weighted by atomic mass is 32.2. The van der Waals surface area contributed by atoms with Crippen molar-refractivity contribution in [2.45, 2.75) is 31.2 Å². The molecule has 0 saturated heterocycles. The minimum absolute atomic E-state index is 0.160. The maximum atomic E-state index is 12.8. The molecule has 0 saturated carbocycles. The van der Waals surface area contributed by atoms with Crippen molar-refractivity contribution in [2.75, 3.05) is 11.9 Å². The quantitative estimate of drug-likeness (QED) is 0.609. The minimum atomic E-state index is -3.55. The summed E-state index contributed by atoms with van der Waals surface area (Å²) in [6.07, 6.45) is 0.424. The van der Waals surface area contributed by atoms with Crippen LogP contribution in [-0.2, 0) is 26.0 Å². The van der Waals surface area contributed by atoms with E-state index in [1.807, 2.05) is 0 Å². The molecular weight excluding hydrogens is 385 g/mol. The van der Waals surface area contributed by atoms with E-state index in [1.165, 1.54) is 36.4 Å². The number of carbonyl (C=O) groups is 2. The van der Waals surface area contributed by atoms with E-state index in [4.69, 9.17) is 0 Å². The second-order valence-electron chi connectivity index (χ2n) is 6.39. The normalized spacial score (nSPS) is 11.3. The molecule has 3 N–H and O–H groups in total. The van der Waals surface area contributed by atoms with Gasteiger partial charge in [-0.3, -0.25) is 9.59 Å². The maximum Gasteiger partial charge on any atom is 0.313 e. The molecule has 2 aromatic carbocycles. The van der Waals surface area contributed by atoms with E-state index < -0.39 is 27.7 Å². The number of amides is 2. The van der Waals surface area contributed by atoms with Crippen molar-refractivity contribution in [1.82, 2.24) is 10.0 Å². The molecule has 0 spiro atoms. The second kappa shape index (κ2) is 9.43. The predicted octanol–water partition coefficient (Wildman–Crippen LogP) is 1.81. The van der Waals surface area contributed by atoms with Crippen LogP contribution < -0.4 is 15.4 Å². The third-order valence-corrected chi connectivity index (χ3v) is 5.31. The van der Waals surface area contributed by atoms with Crippen LogP contribution in [0.3, 0.4) is 0 Å². The molecule has 0 unspecified atom stereocenters. The average molecular weight is 407 g/mol. The lowest BCUT2D eigenvalue weighted by Crippen LogP contribution is -2.36. The molecule has 28 heavy (non-hydrogen) atoms. The fourth-order valence-corrected chi connectivity index (χ4v) is 3.59. The summed E-state index contributed by atoms with van der Waals surface area (Å²) in [5.74, 6) is -2.11. The number of halogens is 1. The van der Waals surface area contributed by atoms with Gasteiger partial charge in [-0.1, -0.05) is 12.1 Å². The third-order valence-electron chi connectivity index (χ3n) is 3.63. The number of hydrogen-bond donors (Lipinski definition) is 3. The number of benzene rings is 2. The van der Waals surface area contributed by atoms with Gasteiger partial charge in [-0.25, -0.2) is 17.5 Å². The Kier molecular flexibility index (Phi) is 7.24. The zero-order valence-corrected chi connectivity index (χ0v) is 16.3. The van der Waals surface area contributed by atoms with Crippen molar-refractivity contribution in [1.29, 1.82) is 0 Å². The summed E-state index contributed by atoms with van der Waals surface area (Å²) < 4.78 is 39.5. The highest BCUT2D eigenvalue weighted by Gasteiger charge is 2.15. The Labute approximate surface area is 163 Å². The van der Waals surface area contributed by atoms with Gasteiger partial charge in [0.05, 0.1) is 4.90 Å². The average Bonchev–Trinajstić information content (AvgIpc) is 2.63. The van der Waals surface area contributed by atoms with Gasteiger partial charge in [0.1, 0.15) is 5.82 Å². The number of hydrogen-bond acceptors (Lipinski definition) is 4. The molecule has 0 aliphatic carbocycles.